The first-order valence-corrected chi connectivity index (χ1v) is 8.32. The Morgan fingerprint density at radius 1 is 1.15 bits per heavy atom. The highest BCUT2D eigenvalue weighted by atomic mass is 19.1. The summed E-state index contributed by atoms with van der Waals surface area (Å²) in [6.07, 6.45) is 2.83. The standard InChI is InChI=1S/C18H15FN6O/c1-11-22-23-18-21-17(16-13(19)8-20-9-15(16)25(11)18)24-6-7-26-10-12-4-2-3-5-14(12)24/h2-5,8-9H,6-7,10H2,1H3. The molecule has 7 nitrogen and oxygen atoms in total. The van der Waals surface area contributed by atoms with Crippen LogP contribution in [0.4, 0.5) is 15.9 Å². The molecular weight excluding hydrogens is 335 g/mol. The molecule has 4 heterocycles. The van der Waals surface area contributed by atoms with Gasteiger partial charge in [0.25, 0.3) is 5.78 Å². The van der Waals surface area contributed by atoms with Gasteiger partial charge in [-0.3, -0.25) is 9.38 Å². The lowest BCUT2D eigenvalue weighted by Gasteiger charge is -2.24. The van der Waals surface area contributed by atoms with Crippen LogP contribution >= 0.6 is 0 Å². The van der Waals surface area contributed by atoms with Gasteiger partial charge in [0.1, 0.15) is 11.6 Å². The van der Waals surface area contributed by atoms with Crippen molar-refractivity contribution in [3.05, 3.63) is 53.9 Å². The zero-order chi connectivity index (χ0) is 17.7. The van der Waals surface area contributed by atoms with E-state index in [1.165, 1.54) is 6.20 Å². The van der Waals surface area contributed by atoms with E-state index in [0.29, 0.717) is 48.1 Å². The van der Waals surface area contributed by atoms with Crippen molar-refractivity contribution in [3.8, 4) is 0 Å². The molecule has 0 saturated carbocycles. The van der Waals surface area contributed by atoms with Gasteiger partial charge in [-0.2, -0.15) is 4.98 Å². The zero-order valence-corrected chi connectivity index (χ0v) is 14.1. The Hall–Kier alpha value is -3.13. The number of hydrogen-bond acceptors (Lipinski definition) is 6. The maximum Gasteiger partial charge on any atom is 0.257 e. The summed E-state index contributed by atoms with van der Waals surface area (Å²) in [5.74, 6) is 1.12. The second kappa shape index (κ2) is 5.70. The first-order valence-electron chi connectivity index (χ1n) is 8.32. The Bertz CT molecular complexity index is 1140. The number of para-hydroxylation sites is 1. The zero-order valence-electron chi connectivity index (χ0n) is 14.1. The number of hydrogen-bond donors (Lipinski definition) is 0. The summed E-state index contributed by atoms with van der Waals surface area (Å²) in [5.41, 5.74) is 2.58. The molecule has 1 aromatic carbocycles. The third-order valence-electron chi connectivity index (χ3n) is 4.61. The van der Waals surface area contributed by atoms with Gasteiger partial charge in [-0.05, 0) is 13.0 Å². The third-order valence-corrected chi connectivity index (χ3v) is 4.61. The van der Waals surface area contributed by atoms with Crippen LogP contribution < -0.4 is 4.90 Å². The van der Waals surface area contributed by atoms with Crippen molar-refractivity contribution < 1.29 is 9.13 Å². The smallest absolute Gasteiger partial charge is 0.257 e. The lowest BCUT2D eigenvalue weighted by atomic mass is 10.1. The van der Waals surface area contributed by atoms with E-state index in [0.717, 1.165) is 11.3 Å². The Morgan fingerprint density at radius 2 is 2.04 bits per heavy atom. The van der Waals surface area contributed by atoms with E-state index in [4.69, 9.17) is 4.74 Å². The number of fused-ring (bicyclic) bond motifs is 4. The Labute approximate surface area is 148 Å². The van der Waals surface area contributed by atoms with Crippen LogP contribution in [0.15, 0.2) is 36.7 Å². The highest BCUT2D eigenvalue weighted by Gasteiger charge is 2.24. The summed E-state index contributed by atoms with van der Waals surface area (Å²) in [6.45, 7) is 3.40. The van der Waals surface area contributed by atoms with Crippen LogP contribution in [0.25, 0.3) is 16.7 Å². The maximum atomic E-state index is 14.8. The number of benzene rings is 1. The largest absolute Gasteiger partial charge is 0.375 e. The lowest BCUT2D eigenvalue weighted by molar-refractivity contribution is 0.133. The summed E-state index contributed by atoms with van der Waals surface area (Å²) in [7, 11) is 0. The average molecular weight is 350 g/mol. The molecule has 0 radical (unpaired) electrons. The molecule has 8 heteroatoms. The van der Waals surface area contributed by atoms with Crippen molar-refractivity contribution in [2.75, 3.05) is 18.1 Å². The molecule has 0 bridgehead atoms. The third kappa shape index (κ3) is 2.15. The molecule has 1 aliphatic heterocycles. The van der Waals surface area contributed by atoms with Crippen molar-refractivity contribution in [2.24, 2.45) is 0 Å². The highest BCUT2D eigenvalue weighted by Crippen LogP contribution is 2.35. The highest BCUT2D eigenvalue weighted by molar-refractivity contribution is 5.93. The van der Waals surface area contributed by atoms with E-state index in [1.54, 1.807) is 17.5 Å². The monoisotopic (exact) mass is 350 g/mol. The van der Waals surface area contributed by atoms with Gasteiger partial charge in [-0.15, -0.1) is 10.2 Å². The molecule has 0 aliphatic carbocycles. The van der Waals surface area contributed by atoms with Gasteiger partial charge in [-0.1, -0.05) is 18.2 Å². The molecule has 0 atom stereocenters. The normalized spacial score (nSPS) is 14.6. The number of aryl methyl sites for hydroxylation is 1. The number of ether oxygens (including phenoxy) is 1. The fourth-order valence-electron chi connectivity index (χ4n) is 3.44. The second-order valence-electron chi connectivity index (χ2n) is 6.17. The fraction of sp³-hybridized carbons (Fsp3) is 0.222. The predicted octanol–water partition coefficient (Wildman–Crippen LogP) is 2.79. The number of anilines is 2. The van der Waals surface area contributed by atoms with Crippen LogP contribution in [-0.4, -0.2) is 37.7 Å². The first-order chi connectivity index (χ1) is 12.7. The minimum absolute atomic E-state index is 0.395. The second-order valence-corrected chi connectivity index (χ2v) is 6.17. The van der Waals surface area contributed by atoms with Crippen LogP contribution in [0.1, 0.15) is 11.4 Å². The van der Waals surface area contributed by atoms with Gasteiger partial charge in [0.05, 0.1) is 36.5 Å². The molecule has 0 N–H and O–H groups in total. The van der Waals surface area contributed by atoms with E-state index < -0.39 is 5.82 Å². The van der Waals surface area contributed by atoms with Crippen LogP contribution in [0.3, 0.4) is 0 Å². The SMILES string of the molecule is Cc1nnc2nc(N3CCOCc4ccccc43)c3c(F)cncc3n12. The lowest BCUT2D eigenvalue weighted by Crippen LogP contribution is -2.23. The van der Waals surface area contributed by atoms with E-state index >= 15 is 0 Å². The van der Waals surface area contributed by atoms with Gasteiger partial charge in [0.15, 0.2) is 5.82 Å². The number of rotatable bonds is 1. The molecule has 0 spiro atoms. The van der Waals surface area contributed by atoms with Crippen LogP contribution in [0.2, 0.25) is 0 Å². The van der Waals surface area contributed by atoms with Crippen LogP contribution in [-0.2, 0) is 11.3 Å². The molecule has 26 heavy (non-hydrogen) atoms. The van der Waals surface area contributed by atoms with E-state index in [9.17, 15) is 4.39 Å². The minimum atomic E-state index is -0.428. The molecule has 0 saturated heterocycles. The Kier molecular flexibility index (Phi) is 3.32. The predicted molar refractivity (Wildman–Crippen MR) is 93.9 cm³/mol. The molecule has 0 fully saturated rings. The summed E-state index contributed by atoms with van der Waals surface area (Å²) in [6, 6.07) is 7.92. The molecule has 5 rings (SSSR count). The van der Waals surface area contributed by atoms with E-state index in [-0.39, 0.29) is 0 Å². The Morgan fingerprint density at radius 3 is 2.96 bits per heavy atom. The quantitative estimate of drug-likeness (QED) is 0.526. The summed E-state index contributed by atoms with van der Waals surface area (Å²) in [5, 5.41) is 8.60. The molecule has 0 unspecified atom stereocenters. The van der Waals surface area contributed by atoms with Crippen molar-refractivity contribution in [1.29, 1.82) is 0 Å². The summed E-state index contributed by atoms with van der Waals surface area (Å²) < 4.78 is 22.2. The molecule has 1 aliphatic rings. The molecule has 130 valence electrons. The first kappa shape index (κ1) is 15.2. The fourth-order valence-corrected chi connectivity index (χ4v) is 3.44. The minimum Gasteiger partial charge on any atom is -0.375 e. The number of pyridine rings is 1. The number of nitrogens with zero attached hydrogens (tertiary/aromatic N) is 6. The topological polar surface area (TPSA) is 68.4 Å². The van der Waals surface area contributed by atoms with Gasteiger partial charge in [0.2, 0.25) is 0 Å². The maximum absolute atomic E-state index is 14.8. The van der Waals surface area contributed by atoms with Crippen molar-refractivity contribution in [1.82, 2.24) is 24.6 Å². The summed E-state index contributed by atoms with van der Waals surface area (Å²) >= 11 is 0. The van der Waals surface area contributed by atoms with Crippen molar-refractivity contribution in [3.63, 3.8) is 0 Å². The van der Waals surface area contributed by atoms with Gasteiger partial charge in [0, 0.05) is 17.8 Å². The van der Waals surface area contributed by atoms with Gasteiger partial charge < -0.3 is 9.64 Å². The van der Waals surface area contributed by atoms with Crippen molar-refractivity contribution >= 4 is 28.2 Å². The molecule has 4 aromatic rings. The van der Waals surface area contributed by atoms with Gasteiger partial charge in [-0.25, -0.2) is 4.39 Å². The van der Waals surface area contributed by atoms with Gasteiger partial charge >= 0.3 is 0 Å². The van der Waals surface area contributed by atoms with Crippen LogP contribution in [0.5, 0.6) is 0 Å². The van der Waals surface area contributed by atoms with E-state index in [2.05, 4.69) is 20.2 Å². The number of aromatic nitrogens is 5. The van der Waals surface area contributed by atoms with Crippen LogP contribution in [0, 0.1) is 12.7 Å². The molecule has 3 aromatic heterocycles. The summed E-state index contributed by atoms with van der Waals surface area (Å²) in [4.78, 5) is 10.6. The van der Waals surface area contributed by atoms with Crippen molar-refractivity contribution in [2.45, 2.75) is 13.5 Å². The molecule has 0 amide bonds. The molecular formula is C18H15FN6O. The van der Waals surface area contributed by atoms with E-state index in [1.807, 2.05) is 29.2 Å². The average Bonchev–Trinajstić information content (AvgIpc) is 2.90. The number of halogens is 1. The Balaban J connectivity index is 1.87.